The Hall–Kier alpha value is -0.800. The van der Waals surface area contributed by atoms with Crippen molar-refractivity contribution in [1.82, 2.24) is 15.2 Å². The number of anilines is 1. The van der Waals surface area contributed by atoms with E-state index in [1.165, 1.54) is 6.26 Å². The predicted molar refractivity (Wildman–Crippen MR) is 112 cm³/mol. The lowest BCUT2D eigenvalue weighted by atomic mass is 9.95. The van der Waals surface area contributed by atoms with Gasteiger partial charge in [0.05, 0.1) is 5.02 Å². The Morgan fingerprint density at radius 1 is 1.15 bits per heavy atom. The molecule has 1 amide bonds. The van der Waals surface area contributed by atoms with Gasteiger partial charge in [-0.3, -0.25) is 4.79 Å². The first-order valence-electron chi connectivity index (χ1n) is 8.40. The molecule has 1 aromatic rings. The standard InChI is InChI=1S/C16H23ClN4O3S.2ClH/c1-25(23,24)16(4-6-18-7-5-16)15(22)21-10-8-20(9-11-21)14-3-2-13(17)12-19-14;;/h2-3,12,18H,4-11H2,1H3;2*1H. The van der Waals surface area contributed by atoms with Crippen LogP contribution in [0.2, 0.25) is 5.02 Å². The molecule has 7 nitrogen and oxygen atoms in total. The van der Waals surface area contributed by atoms with Crippen LogP contribution in [-0.4, -0.2) is 74.5 Å². The second kappa shape index (κ2) is 9.60. The Morgan fingerprint density at radius 3 is 2.22 bits per heavy atom. The van der Waals surface area contributed by atoms with E-state index in [1.807, 2.05) is 6.07 Å². The molecule has 1 N–H and O–H groups in total. The van der Waals surface area contributed by atoms with Crippen molar-refractivity contribution in [2.24, 2.45) is 0 Å². The molecule has 2 saturated heterocycles. The fourth-order valence-corrected chi connectivity index (χ4v) is 5.06. The van der Waals surface area contributed by atoms with E-state index in [9.17, 15) is 13.2 Å². The summed E-state index contributed by atoms with van der Waals surface area (Å²) in [6.07, 6.45) is 3.46. The third-order valence-corrected chi connectivity index (χ3v) is 7.34. The number of nitrogens with one attached hydrogen (secondary N) is 1. The first kappa shape index (κ1) is 24.2. The number of sulfone groups is 1. The summed E-state index contributed by atoms with van der Waals surface area (Å²) in [4.78, 5) is 21.2. The number of piperazine rings is 1. The first-order valence-corrected chi connectivity index (χ1v) is 10.7. The number of nitrogens with zero attached hydrogens (tertiary/aromatic N) is 3. The smallest absolute Gasteiger partial charge is 0.244 e. The molecule has 27 heavy (non-hydrogen) atoms. The predicted octanol–water partition coefficient (Wildman–Crippen LogP) is 1.39. The number of hydrogen-bond donors (Lipinski definition) is 1. The van der Waals surface area contributed by atoms with E-state index in [1.54, 1.807) is 17.2 Å². The van der Waals surface area contributed by atoms with Crippen molar-refractivity contribution >= 4 is 58.0 Å². The van der Waals surface area contributed by atoms with Gasteiger partial charge in [0, 0.05) is 38.6 Å². The second-order valence-corrected chi connectivity index (χ2v) is 9.39. The summed E-state index contributed by atoms with van der Waals surface area (Å²) in [6.45, 7) is 3.33. The highest BCUT2D eigenvalue weighted by atomic mass is 35.5. The molecular weight excluding hydrogens is 435 g/mol. The van der Waals surface area contributed by atoms with Crippen molar-refractivity contribution in [2.45, 2.75) is 17.6 Å². The summed E-state index contributed by atoms with van der Waals surface area (Å²) in [5.41, 5.74) is 0. The number of halogens is 3. The third-order valence-electron chi connectivity index (χ3n) is 5.11. The monoisotopic (exact) mass is 458 g/mol. The van der Waals surface area contributed by atoms with Crippen LogP contribution >= 0.6 is 36.4 Å². The van der Waals surface area contributed by atoms with Gasteiger partial charge in [-0.15, -0.1) is 24.8 Å². The maximum absolute atomic E-state index is 13.1. The van der Waals surface area contributed by atoms with E-state index in [4.69, 9.17) is 11.6 Å². The molecule has 0 saturated carbocycles. The van der Waals surface area contributed by atoms with Crippen LogP contribution in [0.15, 0.2) is 18.3 Å². The van der Waals surface area contributed by atoms with E-state index in [2.05, 4.69) is 15.2 Å². The van der Waals surface area contributed by atoms with E-state index in [0.29, 0.717) is 57.1 Å². The van der Waals surface area contributed by atoms with Crippen LogP contribution in [-0.2, 0) is 14.6 Å². The van der Waals surface area contributed by atoms with Gasteiger partial charge in [-0.05, 0) is 38.1 Å². The van der Waals surface area contributed by atoms with Crippen LogP contribution in [0, 0.1) is 0 Å². The topological polar surface area (TPSA) is 82.6 Å². The molecule has 2 aliphatic heterocycles. The fourth-order valence-electron chi connectivity index (χ4n) is 3.56. The lowest BCUT2D eigenvalue weighted by Crippen LogP contribution is -2.61. The molecule has 3 heterocycles. The van der Waals surface area contributed by atoms with Crippen LogP contribution in [0.3, 0.4) is 0 Å². The van der Waals surface area contributed by atoms with Gasteiger partial charge in [-0.1, -0.05) is 11.6 Å². The molecule has 0 unspecified atom stereocenters. The van der Waals surface area contributed by atoms with Crippen molar-refractivity contribution in [3.8, 4) is 0 Å². The zero-order valence-electron chi connectivity index (χ0n) is 15.1. The Kier molecular flexibility index (Phi) is 8.62. The zero-order chi connectivity index (χ0) is 18.1. The number of aromatic nitrogens is 1. The Morgan fingerprint density at radius 2 is 1.74 bits per heavy atom. The molecule has 154 valence electrons. The number of hydrogen-bond acceptors (Lipinski definition) is 6. The van der Waals surface area contributed by atoms with Crippen LogP contribution < -0.4 is 10.2 Å². The maximum Gasteiger partial charge on any atom is 0.244 e. The molecule has 0 bridgehead atoms. The van der Waals surface area contributed by atoms with Gasteiger partial charge < -0.3 is 15.1 Å². The SMILES string of the molecule is CS(=O)(=O)C1(C(=O)N2CCN(c3ccc(Cl)cn3)CC2)CCNCC1.Cl.Cl. The minimum atomic E-state index is -3.48. The maximum atomic E-state index is 13.1. The molecule has 0 atom stereocenters. The Balaban J connectivity index is 0.00000182. The number of amides is 1. The lowest BCUT2D eigenvalue weighted by Gasteiger charge is -2.42. The molecule has 0 spiro atoms. The van der Waals surface area contributed by atoms with Gasteiger partial charge in [0.25, 0.3) is 0 Å². The average molecular weight is 460 g/mol. The number of piperidine rings is 1. The van der Waals surface area contributed by atoms with Gasteiger partial charge in [0.2, 0.25) is 5.91 Å². The molecule has 3 rings (SSSR count). The average Bonchev–Trinajstić information content (AvgIpc) is 2.61. The molecule has 0 radical (unpaired) electrons. The van der Waals surface area contributed by atoms with Gasteiger partial charge in [-0.25, -0.2) is 13.4 Å². The number of rotatable bonds is 3. The third kappa shape index (κ3) is 4.98. The highest BCUT2D eigenvalue weighted by Crippen LogP contribution is 2.30. The first-order chi connectivity index (χ1) is 11.8. The Bertz CT molecular complexity index is 732. The largest absolute Gasteiger partial charge is 0.353 e. The van der Waals surface area contributed by atoms with Crippen LogP contribution in [0.25, 0.3) is 0 Å². The molecule has 2 fully saturated rings. The van der Waals surface area contributed by atoms with E-state index in [-0.39, 0.29) is 30.7 Å². The van der Waals surface area contributed by atoms with Crippen LogP contribution in [0.4, 0.5) is 5.82 Å². The summed E-state index contributed by atoms with van der Waals surface area (Å²) < 4.78 is 23.5. The minimum Gasteiger partial charge on any atom is -0.353 e. The van der Waals surface area contributed by atoms with Crippen molar-refractivity contribution in [3.63, 3.8) is 0 Å². The molecule has 11 heteroatoms. The second-order valence-electron chi connectivity index (χ2n) is 6.63. The van der Waals surface area contributed by atoms with Crippen molar-refractivity contribution in [1.29, 1.82) is 0 Å². The highest BCUT2D eigenvalue weighted by molar-refractivity contribution is 7.92. The van der Waals surface area contributed by atoms with Gasteiger partial charge in [0.1, 0.15) is 5.82 Å². The molecular formula is C16H25Cl3N4O3S. The number of carbonyl (C=O) groups excluding carboxylic acids is 1. The Labute approximate surface area is 177 Å². The summed E-state index contributed by atoms with van der Waals surface area (Å²) in [5.74, 6) is 0.566. The van der Waals surface area contributed by atoms with Gasteiger partial charge in [-0.2, -0.15) is 0 Å². The summed E-state index contributed by atoms with van der Waals surface area (Å²) in [7, 11) is -3.48. The van der Waals surface area contributed by atoms with Crippen LogP contribution in [0.5, 0.6) is 0 Å². The number of carbonyl (C=O) groups is 1. The zero-order valence-corrected chi connectivity index (χ0v) is 18.3. The van der Waals surface area contributed by atoms with E-state index >= 15 is 0 Å². The van der Waals surface area contributed by atoms with Crippen LogP contribution in [0.1, 0.15) is 12.8 Å². The molecule has 1 aromatic heterocycles. The highest BCUT2D eigenvalue weighted by Gasteiger charge is 2.50. The quantitative estimate of drug-likeness (QED) is 0.735. The van der Waals surface area contributed by atoms with E-state index in [0.717, 1.165) is 5.82 Å². The number of pyridine rings is 1. The summed E-state index contributed by atoms with van der Waals surface area (Å²) in [5, 5.41) is 3.72. The summed E-state index contributed by atoms with van der Waals surface area (Å²) in [6, 6.07) is 3.64. The fraction of sp³-hybridized carbons (Fsp3) is 0.625. The minimum absolute atomic E-state index is 0. The normalized spacial score (nSPS) is 19.6. The van der Waals surface area contributed by atoms with E-state index < -0.39 is 14.6 Å². The van der Waals surface area contributed by atoms with Crippen molar-refractivity contribution in [3.05, 3.63) is 23.4 Å². The van der Waals surface area contributed by atoms with Crippen molar-refractivity contribution in [2.75, 3.05) is 50.4 Å². The van der Waals surface area contributed by atoms with Crippen molar-refractivity contribution < 1.29 is 13.2 Å². The van der Waals surface area contributed by atoms with Gasteiger partial charge in [0.15, 0.2) is 14.6 Å². The molecule has 0 aliphatic carbocycles. The lowest BCUT2D eigenvalue weighted by molar-refractivity contribution is -0.135. The molecule has 0 aromatic carbocycles. The molecule has 2 aliphatic rings. The van der Waals surface area contributed by atoms with Gasteiger partial charge >= 0.3 is 0 Å². The summed E-state index contributed by atoms with van der Waals surface area (Å²) >= 11 is 5.86.